The lowest BCUT2D eigenvalue weighted by Crippen LogP contribution is -2.41. The third kappa shape index (κ3) is 5.14. The molecule has 1 atom stereocenters. The highest BCUT2D eigenvalue weighted by molar-refractivity contribution is 5.67. The molecule has 2 aromatic rings. The third-order valence-electron chi connectivity index (χ3n) is 5.30. The summed E-state index contributed by atoms with van der Waals surface area (Å²) in [5, 5.41) is 0. The number of benzene rings is 2. The van der Waals surface area contributed by atoms with Crippen molar-refractivity contribution in [2.45, 2.75) is 51.7 Å². The number of hydrogen-bond acceptors (Lipinski definition) is 3. The van der Waals surface area contributed by atoms with Crippen molar-refractivity contribution in [1.29, 1.82) is 0 Å². The van der Waals surface area contributed by atoms with Gasteiger partial charge in [0.2, 0.25) is 0 Å². The molecule has 1 aliphatic heterocycles. The van der Waals surface area contributed by atoms with Gasteiger partial charge in [-0.05, 0) is 42.4 Å². The summed E-state index contributed by atoms with van der Waals surface area (Å²) in [7, 11) is 0. The molecule has 3 rings (SSSR count). The molecule has 0 N–H and O–H groups in total. The summed E-state index contributed by atoms with van der Waals surface area (Å²) in [6, 6.07) is 19.1. The van der Waals surface area contributed by atoms with Crippen LogP contribution in [0.2, 0.25) is 0 Å². The molecular formula is C24H31NO3. The number of carbonyl (C=O) groups is 1. The van der Waals surface area contributed by atoms with E-state index >= 15 is 0 Å². The number of piperidine rings is 1. The first-order chi connectivity index (χ1) is 13.6. The van der Waals surface area contributed by atoms with Crippen LogP contribution in [-0.4, -0.2) is 36.8 Å². The SMILES string of the molecule is CCOC(=O)N1CCC(OC(c2ccccc2)c2ccc(C(C)C)cc2)CC1. The zero-order valence-corrected chi connectivity index (χ0v) is 17.1. The van der Waals surface area contributed by atoms with Crippen molar-refractivity contribution in [2.75, 3.05) is 19.7 Å². The van der Waals surface area contributed by atoms with Crippen LogP contribution in [0.5, 0.6) is 0 Å². The van der Waals surface area contributed by atoms with E-state index < -0.39 is 0 Å². The average molecular weight is 382 g/mol. The second-order valence-electron chi connectivity index (χ2n) is 7.63. The topological polar surface area (TPSA) is 38.8 Å². The maximum absolute atomic E-state index is 11.9. The number of likely N-dealkylation sites (tertiary alicyclic amines) is 1. The Labute approximate surface area is 168 Å². The van der Waals surface area contributed by atoms with Gasteiger partial charge in [-0.15, -0.1) is 0 Å². The summed E-state index contributed by atoms with van der Waals surface area (Å²) in [5.41, 5.74) is 3.66. The van der Waals surface area contributed by atoms with Crippen LogP contribution in [0.15, 0.2) is 54.6 Å². The van der Waals surface area contributed by atoms with Gasteiger partial charge >= 0.3 is 6.09 Å². The van der Waals surface area contributed by atoms with E-state index in [1.54, 1.807) is 4.90 Å². The fourth-order valence-corrected chi connectivity index (χ4v) is 3.61. The summed E-state index contributed by atoms with van der Waals surface area (Å²) in [4.78, 5) is 13.7. The van der Waals surface area contributed by atoms with Crippen LogP contribution in [0, 0.1) is 0 Å². The minimum atomic E-state index is -0.218. The predicted octanol–water partition coefficient (Wildman–Crippen LogP) is 5.54. The van der Waals surface area contributed by atoms with E-state index in [9.17, 15) is 4.79 Å². The van der Waals surface area contributed by atoms with Crippen molar-refractivity contribution >= 4 is 6.09 Å². The molecule has 28 heavy (non-hydrogen) atoms. The average Bonchev–Trinajstić information content (AvgIpc) is 2.73. The van der Waals surface area contributed by atoms with Crippen molar-refractivity contribution in [2.24, 2.45) is 0 Å². The first kappa shape index (κ1) is 20.4. The highest BCUT2D eigenvalue weighted by Crippen LogP contribution is 2.31. The molecular weight excluding hydrogens is 350 g/mol. The van der Waals surface area contributed by atoms with Crippen LogP contribution in [-0.2, 0) is 9.47 Å². The maximum Gasteiger partial charge on any atom is 0.409 e. The molecule has 0 spiro atoms. The highest BCUT2D eigenvalue weighted by Gasteiger charge is 2.27. The zero-order valence-electron chi connectivity index (χ0n) is 17.1. The van der Waals surface area contributed by atoms with Crippen LogP contribution < -0.4 is 0 Å². The molecule has 1 unspecified atom stereocenters. The molecule has 1 saturated heterocycles. The summed E-state index contributed by atoms with van der Waals surface area (Å²) < 4.78 is 11.7. The van der Waals surface area contributed by atoms with Gasteiger partial charge in [0.05, 0.1) is 12.7 Å². The molecule has 4 heteroatoms. The van der Waals surface area contributed by atoms with Gasteiger partial charge in [-0.1, -0.05) is 68.4 Å². The molecule has 0 radical (unpaired) electrons. The molecule has 0 aliphatic carbocycles. The molecule has 1 amide bonds. The number of ether oxygens (including phenoxy) is 2. The van der Waals surface area contributed by atoms with Gasteiger partial charge in [-0.2, -0.15) is 0 Å². The maximum atomic E-state index is 11.9. The lowest BCUT2D eigenvalue weighted by Gasteiger charge is -2.33. The van der Waals surface area contributed by atoms with E-state index in [0.717, 1.165) is 18.4 Å². The van der Waals surface area contributed by atoms with Crippen LogP contribution in [0.4, 0.5) is 4.79 Å². The van der Waals surface area contributed by atoms with E-state index in [1.165, 1.54) is 11.1 Å². The number of rotatable bonds is 6. The van der Waals surface area contributed by atoms with Gasteiger partial charge in [0, 0.05) is 13.1 Å². The normalized spacial score (nSPS) is 16.2. The Morgan fingerprint density at radius 1 is 0.964 bits per heavy atom. The highest BCUT2D eigenvalue weighted by atomic mass is 16.6. The van der Waals surface area contributed by atoms with Gasteiger partial charge in [0.15, 0.2) is 0 Å². The lowest BCUT2D eigenvalue weighted by atomic mass is 9.96. The lowest BCUT2D eigenvalue weighted by molar-refractivity contribution is -0.0260. The van der Waals surface area contributed by atoms with E-state index in [4.69, 9.17) is 9.47 Å². The molecule has 0 saturated carbocycles. The number of amides is 1. The Morgan fingerprint density at radius 3 is 2.11 bits per heavy atom. The van der Waals surface area contributed by atoms with E-state index in [2.05, 4.69) is 62.4 Å². The largest absolute Gasteiger partial charge is 0.450 e. The van der Waals surface area contributed by atoms with Crippen LogP contribution in [0.3, 0.4) is 0 Å². The van der Waals surface area contributed by atoms with Crippen LogP contribution >= 0.6 is 0 Å². The molecule has 1 fully saturated rings. The van der Waals surface area contributed by atoms with Crippen molar-refractivity contribution in [1.82, 2.24) is 4.90 Å². The fourth-order valence-electron chi connectivity index (χ4n) is 3.61. The van der Waals surface area contributed by atoms with E-state index in [-0.39, 0.29) is 18.3 Å². The molecule has 1 aliphatic rings. The zero-order chi connectivity index (χ0) is 19.9. The predicted molar refractivity (Wildman–Crippen MR) is 112 cm³/mol. The third-order valence-corrected chi connectivity index (χ3v) is 5.30. The summed E-state index contributed by atoms with van der Waals surface area (Å²) >= 11 is 0. The quantitative estimate of drug-likeness (QED) is 0.660. The Morgan fingerprint density at radius 2 is 1.54 bits per heavy atom. The van der Waals surface area contributed by atoms with Crippen LogP contribution in [0.25, 0.3) is 0 Å². The number of hydrogen-bond donors (Lipinski definition) is 0. The second-order valence-corrected chi connectivity index (χ2v) is 7.63. The van der Waals surface area contributed by atoms with Gasteiger partial charge in [-0.3, -0.25) is 0 Å². The summed E-state index contributed by atoms with van der Waals surface area (Å²) in [6.45, 7) is 8.02. The standard InChI is InChI=1S/C24H31NO3/c1-4-27-24(26)25-16-14-22(15-17-25)28-23(20-8-6-5-7-9-20)21-12-10-19(11-13-21)18(2)3/h5-13,18,22-23H,4,14-17H2,1-3H3. The fraction of sp³-hybridized carbons (Fsp3) is 0.458. The van der Waals surface area contributed by atoms with Crippen molar-refractivity contribution in [3.63, 3.8) is 0 Å². The molecule has 2 aromatic carbocycles. The van der Waals surface area contributed by atoms with Gasteiger partial charge in [0.1, 0.15) is 6.10 Å². The molecule has 0 bridgehead atoms. The minimum Gasteiger partial charge on any atom is -0.450 e. The smallest absolute Gasteiger partial charge is 0.409 e. The van der Waals surface area contributed by atoms with Crippen molar-refractivity contribution in [3.8, 4) is 0 Å². The van der Waals surface area contributed by atoms with Crippen molar-refractivity contribution < 1.29 is 14.3 Å². The monoisotopic (exact) mass is 381 g/mol. The first-order valence-corrected chi connectivity index (χ1v) is 10.3. The van der Waals surface area contributed by atoms with Gasteiger partial charge < -0.3 is 14.4 Å². The molecule has 4 nitrogen and oxygen atoms in total. The second kappa shape index (κ2) is 9.74. The Balaban J connectivity index is 1.71. The molecule has 1 heterocycles. The first-order valence-electron chi connectivity index (χ1n) is 10.3. The summed E-state index contributed by atoms with van der Waals surface area (Å²) in [6.07, 6.45) is 1.46. The van der Waals surface area contributed by atoms with Crippen LogP contribution in [0.1, 0.15) is 62.3 Å². The number of nitrogens with zero attached hydrogens (tertiary/aromatic N) is 1. The molecule has 0 aromatic heterocycles. The molecule has 150 valence electrons. The Bertz CT molecular complexity index is 734. The van der Waals surface area contributed by atoms with Crippen molar-refractivity contribution in [3.05, 3.63) is 71.3 Å². The Hall–Kier alpha value is -2.33. The van der Waals surface area contributed by atoms with E-state index in [1.807, 2.05) is 13.0 Å². The van der Waals surface area contributed by atoms with E-state index in [0.29, 0.717) is 25.6 Å². The van der Waals surface area contributed by atoms with Gasteiger partial charge in [-0.25, -0.2) is 4.79 Å². The summed E-state index contributed by atoms with van der Waals surface area (Å²) in [5.74, 6) is 0.511. The minimum absolute atomic E-state index is 0.0958. The van der Waals surface area contributed by atoms with Gasteiger partial charge in [0.25, 0.3) is 0 Å². The Kier molecular flexibility index (Phi) is 7.10. The number of carbonyl (C=O) groups excluding carboxylic acids is 1.